The molecule has 2 rings (SSSR count). The molecule has 11 heavy (non-hydrogen) atoms. The molecular weight excluding hydrogens is 161 g/mol. The van der Waals surface area contributed by atoms with Crippen LogP contribution in [0, 0.1) is 11.7 Å². The highest BCUT2D eigenvalue weighted by atomic mass is 32.1. The van der Waals surface area contributed by atoms with Crippen molar-refractivity contribution < 1.29 is 4.39 Å². The number of nitrogens with zero attached hydrogens (tertiary/aromatic N) is 1. The zero-order valence-electron chi connectivity index (χ0n) is 5.80. The van der Waals surface area contributed by atoms with Crippen LogP contribution in [0.4, 0.5) is 4.39 Å². The lowest BCUT2D eigenvalue weighted by molar-refractivity contribution is 0.654. The van der Waals surface area contributed by atoms with Crippen molar-refractivity contribution in [2.75, 3.05) is 0 Å². The van der Waals surface area contributed by atoms with Gasteiger partial charge >= 0.3 is 0 Å². The molecule has 0 amide bonds. The minimum atomic E-state index is -0.332. The normalized spacial score (nSPS) is 19.3. The Morgan fingerprint density at radius 3 is 2.73 bits per heavy atom. The molecule has 1 aliphatic rings. The molecule has 0 radical (unpaired) electrons. The SMILES string of the molecule is [C-]#[N+]C1(c2csc(F)c2)CC1. The van der Waals surface area contributed by atoms with Crippen molar-refractivity contribution in [2.24, 2.45) is 0 Å². The molecule has 56 valence electrons. The molecule has 3 heteroatoms. The van der Waals surface area contributed by atoms with Crippen molar-refractivity contribution in [3.8, 4) is 0 Å². The molecule has 0 N–H and O–H groups in total. The van der Waals surface area contributed by atoms with Gasteiger partial charge in [0.05, 0.1) is 5.56 Å². The van der Waals surface area contributed by atoms with E-state index in [0.29, 0.717) is 0 Å². The van der Waals surface area contributed by atoms with Crippen LogP contribution in [-0.2, 0) is 5.54 Å². The third-order valence-corrected chi connectivity index (χ3v) is 2.76. The molecule has 0 saturated heterocycles. The van der Waals surface area contributed by atoms with E-state index in [4.69, 9.17) is 6.57 Å². The molecule has 1 nitrogen and oxygen atoms in total. The summed E-state index contributed by atoms with van der Waals surface area (Å²) in [5.41, 5.74) is 0.538. The molecule has 0 atom stereocenters. The Labute approximate surface area is 68.3 Å². The monoisotopic (exact) mass is 167 g/mol. The summed E-state index contributed by atoms with van der Waals surface area (Å²) in [4.78, 5) is 3.51. The van der Waals surface area contributed by atoms with E-state index in [0.717, 1.165) is 29.7 Å². The van der Waals surface area contributed by atoms with Crippen molar-refractivity contribution in [2.45, 2.75) is 18.4 Å². The van der Waals surface area contributed by atoms with Crippen LogP contribution in [0.5, 0.6) is 0 Å². The molecule has 1 fully saturated rings. The minimum absolute atomic E-state index is 0.185. The van der Waals surface area contributed by atoms with Gasteiger partial charge in [0.15, 0.2) is 5.13 Å². The third kappa shape index (κ3) is 0.945. The first-order valence-corrected chi connectivity index (χ1v) is 4.28. The Hall–Kier alpha value is -0.880. The van der Waals surface area contributed by atoms with Crippen LogP contribution < -0.4 is 0 Å². The maximum atomic E-state index is 12.5. The molecule has 1 aromatic heterocycles. The number of hydrogen-bond donors (Lipinski definition) is 0. The Kier molecular flexibility index (Phi) is 1.27. The van der Waals surface area contributed by atoms with Gasteiger partial charge in [0.1, 0.15) is 0 Å². The first-order chi connectivity index (χ1) is 5.27. The quantitative estimate of drug-likeness (QED) is 0.566. The smallest absolute Gasteiger partial charge is 0.259 e. The lowest BCUT2D eigenvalue weighted by Crippen LogP contribution is -1.95. The van der Waals surface area contributed by atoms with E-state index >= 15 is 0 Å². The van der Waals surface area contributed by atoms with Crippen molar-refractivity contribution in [1.82, 2.24) is 0 Å². The van der Waals surface area contributed by atoms with Gasteiger partial charge in [-0.05, 0) is 6.07 Å². The number of thiophene rings is 1. The van der Waals surface area contributed by atoms with Gasteiger partial charge in [0.25, 0.3) is 5.54 Å². The summed E-state index contributed by atoms with van der Waals surface area (Å²) in [5.74, 6) is 0. The fourth-order valence-corrected chi connectivity index (χ4v) is 1.86. The van der Waals surface area contributed by atoms with Gasteiger partial charge < -0.3 is 4.85 Å². The van der Waals surface area contributed by atoms with E-state index < -0.39 is 0 Å². The van der Waals surface area contributed by atoms with Crippen LogP contribution in [0.2, 0.25) is 0 Å². The lowest BCUT2D eigenvalue weighted by atomic mass is 10.1. The number of rotatable bonds is 1. The van der Waals surface area contributed by atoms with Crippen molar-refractivity contribution in [3.63, 3.8) is 0 Å². The average molecular weight is 167 g/mol. The average Bonchev–Trinajstić information content (AvgIpc) is 2.70. The highest BCUT2D eigenvalue weighted by molar-refractivity contribution is 7.08. The molecule has 0 aromatic carbocycles. The first kappa shape index (κ1) is 6.81. The second kappa shape index (κ2) is 2.05. The molecule has 0 unspecified atom stereocenters. The van der Waals surface area contributed by atoms with Crippen molar-refractivity contribution in [1.29, 1.82) is 0 Å². The van der Waals surface area contributed by atoms with Crippen molar-refractivity contribution >= 4 is 11.3 Å². The maximum absolute atomic E-state index is 12.5. The maximum Gasteiger partial charge on any atom is 0.259 e. The highest BCUT2D eigenvalue weighted by Crippen LogP contribution is 2.50. The molecule has 1 aromatic rings. The van der Waals surface area contributed by atoms with Gasteiger partial charge in [-0.2, -0.15) is 4.39 Å². The predicted molar refractivity (Wildman–Crippen MR) is 41.8 cm³/mol. The Balaban J connectivity index is 2.38. The Bertz CT molecular complexity index is 319. The molecule has 0 aliphatic heterocycles. The van der Waals surface area contributed by atoms with Gasteiger partial charge in [-0.25, -0.2) is 6.57 Å². The minimum Gasteiger partial charge on any atom is -0.305 e. The van der Waals surface area contributed by atoms with Gasteiger partial charge in [-0.1, -0.05) is 0 Å². The van der Waals surface area contributed by atoms with Crippen LogP contribution in [0.3, 0.4) is 0 Å². The van der Waals surface area contributed by atoms with E-state index in [2.05, 4.69) is 4.85 Å². The second-order valence-corrected chi connectivity index (χ2v) is 3.64. The summed E-state index contributed by atoms with van der Waals surface area (Å²) >= 11 is 1.08. The van der Waals surface area contributed by atoms with Gasteiger partial charge in [-0.3, -0.25) is 0 Å². The summed E-state index contributed by atoms with van der Waals surface area (Å²) < 4.78 is 12.5. The van der Waals surface area contributed by atoms with E-state index in [1.807, 2.05) is 0 Å². The van der Waals surface area contributed by atoms with E-state index in [-0.39, 0.29) is 10.7 Å². The number of halogens is 1. The van der Waals surface area contributed by atoms with Gasteiger partial charge in [0.2, 0.25) is 0 Å². The zero-order valence-corrected chi connectivity index (χ0v) is 6.62. The summed E-state index contributed by atoms with van der Waals surface area (Å²) in [6.07, 6.45) is 1.79. The summed E-state index contributed by atoms with van der Waals surface area (Å²) in [5, 5.41) is 1.57. The molecule has 1 saturated carbocycles. The molecule has 0 bridgehead atoms. The third-order valence-electron chi connectivity index (χ3n) is 2.04. The highest BCUT2D eigenvalue weighted by Gasteiger charge is 2.53. The molecule has 0 spiro atoms. The lowest BCUT2D eigenvalue weighted by Gasteiger charge is -1.94. The van der Waals surface area contributed by atoms with Crippen LogP contribution in [0.25, 0.3) is 4.85 Å². The molecule has 1 heterocycles. The predicted octanol–water partition coefficient (Wildman–Crippen LogP) is 2.80. The largest absolute Gasteiger partial charge is 0.305 e. The summed E-state index contributed by atoms with van der Waals surface area (Å²) in [6, 6.07) is 1.48. The fourth-order valence-electron chi connectivity index (χ4n) is 1.14. The van der Waals surface area contributed by atoms with E-state index in [1.54, 1.807) is 5.38 Å². The van der Waals surface area contributed by atoms with Gasteiger partial charge in [0, 0.05) is 18.2 Å². The van der Waals surface area contributed by atoms with Gasteiger partial charge in [-0.15, -0.1) is 11.3 Å². The van der Waals surface area contributed by atoms with Crippen LogP contribution in [0.15, 0.2) is 11.4 Å². The zero-order chi connectivity index (χ0) is 7.90. The van der Waals surface area contributed by atoms with E-state index in [9.17, 15) is 4.39 Å². The molecular formula is C8H6FNS. The number of hydrogen-bond acceptors (Lipinski definition) is 1. The van der Waals surface area contributed by atoms with E-state index in [1.165, 1.54) is 6.07 Å². The molecule has 1 aliphatic carbocycles. The first-order valence-electron chi connectivity index (χ1n) is 3.40. The van der Waals surface area contributed by atoms with Crippen LogP contribution in [-0.4, -0.2) is 0 Å². The van der Waals surface area contributed by atoms with Crippen molar-refractivity contribution in [3.05, 3.63) is 33.6 Å². The Morgan fingerprint density at radius 2 is 2.36 bits per heavy atom. The second-order valence-electron chi connectivity index (χ2n) is 2.78. The van der Waals surface area contributed by atoms with Crippen LogP contribution in [0.1, 0.15) is 18.4 Å². The summed E-state index contributed by atoms with van der Waals surface area (Å²) in [7, 11) is 0. The fraction of sp³-hybridized carbons (Fsp3) is 0.375. The summed E-state index contributed by atoms with van der Waals surface area (Å²) in [6.45, 7) is 6.92. The topological polar surface area (TPSA) is 4.36 Å². The standard InChI is InChI=1S/C8H6FNS/c1-10-8(2-3-8)6-4-7(9)11-5-6/h4-5H,2-3H2. The van der Waals surface area contributed by atoms with Crippen LogP contribution >= 0.6 is 11.3 Å². The Morgan fingerprint density at radius 1 is 1.64 bits per heavy atom.